The van der Waals surface area contributed by atoms with Gasteiger partial charge in [0.15, 0.2) is 0 Å². The Morgan fingerprint density at radius 1 is 1.35 bits per heavy atom. The summed E-state index contributed by atoms with van der Waals surface area (Å²) in [4.78, 5) is 12.4. The molecule has 2 N–H and O–H groups in total. The first-order valence-electron chi connectivity index (χ1n) is 7.28. The molecule has 1 aliphatic heterocycles. The molecule has 0 spiro atoms. The first-order valence-corrected chi connectivity index (χ1v) is 7.28. The molecular weight excluding hydrogens is 252 g/mol. The van der Waals surface area contributed by atoms with Gasteiger partial charge in [-0.25, -0.2) is 0 Å². The number of ether oxygens (including phenoxy) is 1. The zero-order valence-corrected chi connectivity index (χ0v) is 12.5. The van der Waals surface area contributed by atoms with E-state index in [0.29, 0.717) is 0 Å². The van der Waals surface area contributed by atoms with E-state index in [1.54, 1.807) is 0 Å². The Balaban J connectivity index is 1.97. The summed E-state index contributed by atoms with van der Waals surface area (Å²) in [5.41, 5.74) is 0.503. The normalized spacial score (nSPS) is 22.6. The first-order chi connectivity index (χ1) is 9.49. The van der Waals surface area contributed by atoms with E-state index in [4.69, 9.17) is 4.74 Å². The SMILES string of the molecule is CC(C)Oc1ccc(NC(=O)C2(C)CCCNC2)cc1. The summed E-state index contributed by atoms with van der Waals surface area (Å²) in [6, 6.07) is 7.54. The van der Waals surface area contributed by atoms with Crippen molar-refractivity contribution in [1.82, 2.24) is 5.32 Å². The lowest BCUT2D eigenvalue weighted by Crippen LogP contribution is -2.46. The minimum absolute atomic E-state index is 0.0854. The van der Waals surface area contributed by atoms with E-state index in [1.165, 1.54) is 0 Å². The van der Waals surface area contributed by atoms with Gasteiger partial charge in [-0.05, 0) is 64.4 Å². The second kappa shape index (κ2) is 6.27. The Hall–Kier alpha value is -1.55. The molecule has 20 heavy (non-hydrogen) atoms. The first kappa shape index (κ1) is 14.9. The van der Waals surface area contributed by atoms with E-state index in [2.05, 4.69) is 10.6 Å². The number of anilines is 1. The van der Waals surface area contributed by atoms with Gasteiger partial charge in [0, 0.05) is 12.2 Å². The van der Waals surface area contributed by atoms with Crippen molar-refractivity contribution in [2.24, 2.45) is 5.41 Å². The van der Waals surface area contributed by atoms with Gasteiger partial charge >= 0.3 is 0 Å². The van der Waals surface area contributed by atoms with Crippen LogP contribution in [0.25, 0.3) is 0 Å². The summed E-state index contributed by atoms with van der Waals surface area (Å²) < 4.78 is 5.59. The minimum Gasteiger partial charge on any atom is -0.491 e. The zero-order valence-electron chi connectivity index (χ0n) is 12.5. The Labute approximate surface area is 120 Å². The fourth-order valence-corrected chi connectivity index (χ4v) is 2.42. The Kier molecular flexibility index (Phi) is 4.65. The van der Waals surface area contributed by atoms with Gasteiger partial charge in [-0.3, -0.25) is 4.79 Å². The summed E-state index contributed by atoms with van der Waals surface area (Å²) in [5, 5.41) is 6.29. The van der Waals surface area contributed by atoms with Crippen LogP contribution in [0.15, 0.2) is 24.3 Å². The van der Waals surface area contributed by atoms with E-state index in [-0.39, 0.29) is 17.4 Å². The molecular formula is C16H24N2O2. The number of hydrogen-bond acceptors (Lipinski definition) is 3. The van der Waals surface area contributed by atoms with Crippen LogP contribution >= 0.6 is 0 Å². The topological polar surface area (TPSA) is 50.4 Å². The highest BCUT2D eigenvalue weighted by Crippen LogP contribution is 2.27. The highest BCUT2D eigenvalue weighted by Gasteiger charge is 2.34. The van der Waals surface area contributed by atoms with Crippen molar-refractivity contribution < 1.29 is 9.53 Å². The molecule has 1 atom stereocenters. The van der Waals surface area contributed by atoms with Crippen LogP contribution in [0.2, 0.25) is 0 Å². The van der Waals surface area contributed by atoms with Crippen molar-refractivity contribution in [2.75, 3.05) is 18.4 Å². The lowest BCUT2D eigenvalue weighted by molar-refractivity contribution is -0.125. The average molecular weight is 276 g/mol. The summed E-state index contributed by atoms with van der Waals surface area (Å²) in [7, 11) is 0. The number of carbonyl (C=O) groups excluding carboxylic acids is 1. The van der Waals surface area contributed by atoms with E-state index < -0.39 is 0 Å². The monoisotopic (exact) mass is 276 g/mol. The molecule has 2 rings (SSSR count). The number of rotatable bonds is 4. The van der Waals surface area contributed by atoms with Crippen molar-refractivity contribution in [3.8, 4) is 5.75 Å². The number of carbonyl (C=O) groups is 1. The van der Waals surface area contributed by atoms with Gasteiger partial charge in [-0.15, -0.1) is 0 Å². The molecule has 0 radical (unpaired) electrons. The fraction of sp³-hybridized carbons (Fsp3) is 0.562. The summed E-state index contributed by atoms with van der Waals surface area (Å²) >= 11 is 0. The Morgan fingerprint density at radius 2 is 2.05 bits per heavy atom. The molecule has 1 aliphatic rings. The van der Waals surface area contributed by atoms with Crippen LogP contribution in [0.4, 0.5) is 5.69 Å². The summed E-state index contributed by atoms with van der Waals surface area (Å²) in [5.74, 6) is 0.908. The molecule has 1 saturated heterocycles. The maximum atomic E-state index is 12.4. The number of amides is 1. The molecule has 1 heterocycles. The van der Waals surface area contributed by atoms with Crippen LogP contribution in [0.5, 0.6) is 5.75 Å². The van der Waals surface area contributed by atoms with Crippen LogP contribution < -0.4 is 15.4 Å². The molecule has 1 fully saturated rings. The van der Waals surface area contributed by atoms with Gasteiger partial charge in [0.05, 0.1) is 11.5 Å². The van der Waals surface area contributed by atoms with Gasteiger partial charge < -0.3 is 15.4 Å². The summed E-state index contributed by atoms with van der Waals surface area (Å²) in [6.07, 6.45) is 2.13. The molecule has 0 aromatic heterocycles. The van der Waals surface area contributed by atoms with Gasteiger partial charge in [0.25, 0.3) is 0 Å². The minimum atomic E-state index is -0.314. The zero-order chi connectivity index (χ0) is 14.6. The van der Waals surface area contributed by atoms with E-state index in [1.807, 2.05) is 45.0 Å². The van der Waals surface area contributed by atoms with Gasteiger partial charge in [0.2, 0.25) is 5.91 Å². The average Bonchev–Trinajstić information content (AvgIpc) is 2.41. The van der Waals surface area contributed by atoms with Crippen molar-refractivity contribution in [3.05, 3.63) is 24.3 Å². The maximum Gasteiger partial charge on any atom is 0.231 e. The van der Waals surface area contributed by atoms with Crippen LogP contribution in [0.3, 0.4) is 0 Å². The standard InChI is InChI=1S/C16H24N2O2/c1-12(2)20-14-7-5-13(6-8-14)18-15(19)16(3)9-4-10-17-11-16/h5-8,12,17H,4,9-11H2,1-3H3,(H,18,19). The van der Waals surface area contributed by atoms with Crippen LogP contribution in [-0.4, -0.2) is 25.1 Å². The predicted molar refractivity (Wildman–Crippen MR) is 81.0 cm³/mol. The third kappa shape index (κ3) is 3.73. The van der Waals surface area contributed by atoms with Gasteiger partial charge in [0.1, 0.15) is 5.75 Å². The largest absolute Gasteiger partial charge is 0.491 e. The van der Waals surface area contributed by atoms with Gasteiger partial charge in [-0.2, -0.15) is 0 Å². The Bertz CT molecular complexity index is 448. The molecule has 1 aromatic carbocycles. The van der Waals surface area contributed by atoms with Gasteiger partial charge in [-0.1, -0.05) is 0 Å². The quantitative estimate of drug-likeness (QED) is 0.889. The smallest absolute Gasteiger partial charge is 0.231 e. The number of piperidine rings is 1. The lowest BCUT2D eigenvalue weighted by atomic mass is 9.82. The molecule has 0 bridgehead atoms. The Morgan fingerprint density at radius 3 is 2.60 bits per heavy atom. The maximum absolute atomic E-state index is 12.4. The number of nitrogens with one attached hydrogen (secondary N) is 2. The van der Waals surface area contributed by atoms with Crippen LogP contribution in [0, 0.1) is 5.41 Å². The van der Waals surface area contributed by atoms with E-state index >= 15 is 0 Å². The van der Waals surface area contributed by atoms with Crippen molar-refractivity contribution >= 4 is 11.6 Å². The second-order valence-electron chi connectivity index (χ2n) is 5.99. The van der Waals surface area contributed by atoms with E-state index in [0.717, 1.165) is 37.4 Å². The lowest BCUT2D eigenvalue weighted by Gasteiger charge is -2.32. The van der Waals surface area contributed by atoms with Crippen molar-refractivity contribution in [2.45, 2.75) is 39.7 Å². The molecule has 4 nitrogen and oxygen atoms in total. The van der Waals surface area contributed by atoms with Crippen molar-refractivity contribution in [1.29, 1.82) is 0 Å². The third-order valence-electron chi connectivity index (χ3n) is 3.63. The highest BCUT2D eigenvalue weighted by atomic mass is 16.5. The molecule has 1 unspecified atom stereocenters. The number of benzene rings is 1. The second-order valence-corrected chi connectivity index (χ2v) is 5.99. The van der Waals surface area contributed by atoms with Crippen LogP contribution in [0.1, 0.15) is 33.6 Å². The van der Waals surface area contributed by atoms with Crippen LogP contribution in [-0.2, 0) is 4.79 Å². The molecule has 0 saturated carbocycles. The predicted octanol–water partition coefficient (Wildman–Crippen LogP) is 2.80. The van der Waals surface area contributed by atoms with E-state index in [9.17, 15) is 4.79 Å². The number of hydrogen-bond donors (Lipinski definition) is 2. The van der Waals surface area contributed by atoms with Crippen molar-refractivity contribution in [3.63, 3.8) is 0 Å². The molecule has 110 valence electrons. The molecule has 4 heteroatoms. The molecule has 1 aromatic rings. The fourth-order valence-electron chi connectivity index (χ4n) is 2.42. The summed E-state index contributed by atoms with van der Waals surface area (Å²) in [6.45, 7) is 7.75. The molecule has 1 amide bonds. The third-order valence-corrected chi connectivity index (χ3v) is 3.63. The highest BCUT2D eigenvalue weighted by molar-refractivity contribution is 5.95. The molecule has 0 aliphatic carbocycles.